The highest BCUT2D eigenvalue weighted by atomic mass is 32.1. The molecule has 0 saturated heterocycles. The third kappa shape index (κ3) is 4.05. The van der Waals surface area contributed by atoms with Crippen LogP contribution in [0.2, 0.25) is 0 Å². The Morgan fingerprint density at radius 3 is 2.40 bits per heavy atom. The summed E-state index contributed by atoms with van der Waals surface area (Å²) in [7, 11) is 0. The Balaban J connectivity index is 1.82. The number of nitrogens with zero attached hydrogens (tertiary/aromatic N) is 1. The first-order chi connectivity index (χ1) is 14.6. The number of thiophene rings is 1. The largest absolute Gasteiger partial charge is 0.459 e. The van der Waals surface area contributed by atoms with Gasteiger partial charge < -0.3 is 9.73 Å². The van der Waals surface area contributed by atoms with Crippen LogP contribution in [0.25, 0.3) is 0 Å². The van der Waals surface area contributed by atoms with Crippen molar-refractivity contribution in [3.8, 4) is 0 Å². The van der Waals surface area contributed by atoms with Gasteiger partial charge in [-0.1, -0.05) is 37.1 Å². The monoisotopic (exact) mass is 422 g/mol. The van der Waals surface area contributed by atoms with Gasteiger partial charge in [-0.2, -0.15) is 0 Å². The molecular formula is C24H26N2O3S. The van der Waals surface area contributed by atoms with E-state index < -0.39 is 6.04 Å². The molecule has 0 radical (unpaired) electrons. The normalized spacial score (nSPS) is 15.1. The Kier molecular flexibility index (Phi) is 6.04. The number of carbonyl (C=O) groups excluding carboxylic acids is 2. The van der Waals surface area contributed by atoms with Crippen LogP contribution in [-0.4, -0.2) is 17.9 Å². The summed E-state index contributed by atoms with van der Waals surface area (Å²) in [5.74, 6) is -0.253. The molecule has 1 aliphatic rings. The van der Waals surface area contributed by atoms with E-state index in [9.17, 15) is 9.59 Å². The summed E-state index contributed by atoms with van der Waals surface area (Å²) in [4.78, 5) is 29.7. The van der Waals surface area contributed by atoms with E-state index in [1.807, 2.05) is 49.6 Å². The lowest BCUT2D eigenvalue weighted by Crippen LogP contribution is -2.46. The number of hydrogen-bond donors (Lipinski definition) is 1. The number of hydrogen-bond acceptors (Lipinski definition) is 4. The zero-order valence-electron chi connectivity index (χ0n) is 17.3. The summed E-state index contributed by atoms with van der Waals surface area (Å²) in [6, 6.07) is 12.5. The lowest BCUT2D eigenvalue weighted by Gasteiger charge is -2.33. The van der Waals surface area contributed by atoms with Gasteiger partial charge in [0.2, 0.25) is 5.91 Å². The minimum Gasteiger partial charge on any atom is -0.459 e. The molecule has 0 aliphatic heterocycles. The number of para-hydroxylation sites is 1. The molecule has 1 aliphatic carbocycles. The van der Waals surface area contributed by atoms with Crippen molar-refractivity contribution in [2.24, 2.45) is 0 Å². The lowest BCUT2D eigenvalue weighted by atomic mass is 10.0. The zero-order chi connectivity index (χ0) is 21.1. The first-order valence-electron chi connectivity index (χ1n) is 10.3. The van der Waals surface area contributed by atoms with Crippen LogP contribution in [0.1, 0.15) is 58.3 Å². The smallest absolute Gasteiger partial charge is 0.295 e. The van der Waals surface area contributed by atoms with Crippen molar-refractivity contribution in [1.29, 1.82) is 0 Å². The van der Waals surface area contributed by atoms with E-state index in [1.165, 1.54) is 17.6 Å². The summed E-state index contributed by atoms with van der Waals surface area (Å²) in [6.45, 7) is 3.93. The molecular weight excluding hydrogens is 396 g/mol. The Labute approximate surface area is 180 Å². The highest BCUT2D eigenvalue weighted by Crippen LogP contribution is 2.36. The van der Waals surface area contributed by atoms with Crippen LogP contribution >= 0.6 is 11.3 Å². The summed E-state index contributed by atoms with van der Waals surface area (Å²) < 4.78 is 5.44. The van der Waals surface area contributed by atoms with E-state index in [4.69, 9.17) is 4.42 Å². The van der Waals surface area contributed by atoms with E-state index in [-0.39, 0.29) is 23.6 Å². The molecule has 1 saturated carbocycles. The van der Waals surface area contributed by atoms with Crippen LogP contribution in [-0.2, 0) is 4.79 Å². The number of furan rings is 1. The van der Waals surface area contributed by atoms with Gasteiger partial charge in [0.15, 0.2) is 11.8 Å². The molecule has 1 atom stereocenters. The molecule has 30 heavy (non-hydrogen) atoms. The number of nitrogens with one attached hydrogen (secondary N) is 1. The predicted molar refractivity (Wildman–Crippen MR) is 119 cm³/mol. The van der Waals surface area contributed by atoms with Gasteiger partial charge in [0.25, 0.3) is 5.91 Å². The Morgan fingerprint density at radius 1 is 1.07 bits per heavy atom. The van der Waals surface area contributed by atoms with Crippen LogP contribution in [0.4, 0.5) is 5.69 Å². The maximum absolute atomic E-state index is 13.6. The highest BCUT2D eigenvalue weighted by Gasteiger charge is 2.37. The van der Waals surface area contributed by atoms with Crippen molar-refractivity contribution in [3.63, 3.8) is 0 Å². The number of rotatable bonds is 6. The third-order valence-electron chi connectivity index (χ3n) is 5.65. The van der Waals surface area contributed by atoms with Crippen LogP contribution in [0.3, 0.4) is 0 Å². The van der Waals surface area contributed by atoms with E-state index in [0.717, 1.165) is 47.4 Å². The number of aryl methyl sites for hydroxylation is 2. The molecule has 6 heteroatoms. The third-order valence-corrected chi connectivity index (χ3v) is 6.58. The molecule has 1 fully saturated rings. The maximum atomic E-state index is 13.6. The highest BCUT2D eigenvalue weighted by molar-refractivity contribution is 7.10. The summed E-state index contributed by atoms with van der Waals surface area (Å²) in [6.07, 6.45) is 5.70. The minimum absolute atomic E-state index is 0.146. The average molecular weight is 423 g/mol. The SMILES string of the molecule is Cc1cccc(C)c1N(C(=O)c1ccco1)C(C(=O)NC1CCCC1)c1cccs1. The molecule has 0 spiro atoms. The maximum Gasteiger partial charge on any atom is 0.295 e. The molecule has 156 valence electrons. The van der Waals surface area contributed by atoms with E-state index >= 15 is 0 Å². The van der Waals surface area contributed by atoms with Crippen molar-refractivity contribution >= 4 is 28.8 Å². The molecule has 1 unspecified atom stereocenters. The topological polar surface area (TPSA) is 62.6 Å². The molecule has 1 N–H and O–H groups in total. The van der Waals surface area contributed by atoms with Gasteiger partial charge in [-0.25, -0.2) is 0 Å². The van der Waals surface area contributed by atoms with Crippen molar-refractivity contribution in [3.05, 3.63) is 75.9 Å². The van der Waals surface area contributed by atoms with E-state index in [1.54, 1.807) is 17.0 Å². The lowest BCUT2D eigenvalue weighted by molar-refractivity contribution is -0.123. The van der Waals surface area contributed by atoms with Crippen LogP contribution in [0.15, 0.2) is 58.5 Å². The van der Waals surface area contributed by atoms with E-state index in [0.29, 0.717) is 0 Å². The molecule has 5 nitrogen and oxygen atoms in total. The van der Waals surface area contributed by atoms with Crippen LogP contribution < -0.4 is 10.2 Å². The standard InChI is InChI=1S/C24H26N2O3S/c1-16-8-5-9-17(2)21(16)26(24(28)19-12-6-14-29-19)22(20-13-7-15-30-20)23(27)25-18-10-3-4-11-18/h5-9,12-15,18,22H,3-4,10-11H2,1-2H3,(H,25,27). The first kappa shape index (κ1) is 20.4. The fourth-order valence-corrected chi connectivity index (χ4v) is 5.04. The fourth-order valence-electron chi connectivity index (χ4n) is 4.22. The van der Waals surface area contributed by atoms with Gasteiger partial charge in [0, 0.05) is 10.9 Å². The molecule has 2 amide bonds. The van der Waals surface area contributed by atoms with Gasteiger partial charge in [-0.3, -0.25) is 14.5 Å². The van der Waals surface area contributed by atoms with Gasteiger partial charge in [0.05, 0.1) is 12.0 Å². The number of benzene rings is 1. The fraction of sp³-hybridized carbons (Fsp3) is 0.333. The van der Waals surface area contributed by atoms with Gasteiger partial charge in [-0.05, 0) is 61.4 Å². The van der Waals surface area contributed by atoms with Gasteiger partial charge in [-0.15, -0.1) is 11.3 Å². The number of carbonyl (C=O) groups is 2. The Morgan fingerprint density at radius 2 is 1.80 bits per heavy atom. The molecule has 4 rings (SSSR count). The Bertz CT molecular complexity index is 985. The molecule has 3 aromatic rings. The molecule has 2 aromatic heterocycles. The number of amides is 2. The van der Waals surface area contributed by atoms with E-state index in [2.05, 4.69) is 5.32 Å². The van der Waals surface area contributed by atoms with Crippen LogP contribution in [0.5, 0.6) is 0 Å². The summed E-state index contributed by atoms with van der Waals surface area (Å²) >= 11 is 1.48. The zero-order valence-corrected chi connectivity index (χ0v) is 18.1. The molecule has 1 aromatic carbocycles. The van der Waals surface area contributed by atoms with Crippen LogP contribution in [0, 0.1) is 13.8 Å². The van der Waals surface area contributed by atoms with Gasteiger partial charge in [0.1, 0.15) is 0 Å². The van der Waals surface area contributed by atoms with Crippen molar-refractivity contribution in [2.45, 2.75) is 51.6 Å². The second-order valence-electron chi connectivity index (χ2n) is 7.80. The average Bonchev–Trinajstić information content (AvgIpc) is 3.49. The predicted octanol–water partition coefficient (Wildman–Crippen LogP) is 5.40. The summed E-state index contributed by atoms with van der Waals surface area (Å²) in [5.41, 5.74) is 2.62. The quantitative estimate of drug-likeness (QED) is 0.578. The minimum atomic E-state index is -0.761. The second kappa shape index (κ2) is 8.88. The first-order valence-corrected chi connectivity index (χ1v) is 11.2. The van der Waals surface area contributed by atoms with Crippen molar-refractivity contribution in [1.82, 2.24) is 5.32 Å². The molecule has 2 heterocycles. The second-order valence-corrected chi connectivity index (χ2v) is 8.78. The molecule has 0 bridgehead atoms. The van der Waals surface area contributed by atoms with Crippen molar-refractivity contribution < 1.29 is 14.0 Å². The van der Waals surface area contributed by atoms with Gasteiger partial charge >= 0.3 is 0 Å². The summed E-state index contributed by atoms with van der Waals surface area (Å²) in [5, 5.41) is 5.14. The number of anilines is 1. The Hall–Kier alpha value is -2.86. The van der Waals surface area contributed by atoms with Crippen molar-refractivity contribution in [2.75, 3.05) is 4.90 Å².